The molecule has 0 fully saturated rings. The van der Waals surface area contributed by atoms with Crippen LogP contribution in [0.3, 0.4) is 0 Å². The molecule has 2 nitrogen and oxygen atoms in total. The zero-order chi connectivity index (χ0) is 10.9. The van der Waals surface area contributed by atoms with Gasteiger partial charge < -0.3 is 5.11 Å². The minimum Gasteiger partial charge on any atom is -0.396 e. The zero-order valence-corrected chi connectivity index (χ0v) is 8.73. The van der Waals surface area contributed by atoms with Crippen LogP contribution in [0.15, 0.2) is 36.4 Å². The Hall–Kier alpha value is -1.41. The van der Waals surface area contributed by atoms with Crippen LogP contribution in [0.1, 0.15) is 24.8 Å². The lowest BCUT2D eigenvalue weighted by atomic mass is 10.1. The Balaban J connectivity index is 2.26. The SMILES string of the molecule is O=C(CCO)CC/C=C/c1ccccc1. The van der Waals surface area contributed by atoms with E-state index in [9.17, 15) is 4.79 Å². The van der Waals surface area contributed by atoms with Gasteiger partial charge in [0.1, 0.15) is 5.78 Å². The summed E-state index contributed by atoms with van der Waals surface area (Å²) in [5, 5.41) is 8.53. The minimum atomic E-state index is -0.0404. The highest BCUT2D eigenvalue weighted by Gasteiger charge is 1.97. The summed E-state index contributed by atoms with van der Waals surface area (Å²) in [4.78, 5) is 11.1. The lowest BCUT2D eigenvalue weighted by Gasteiger charge is -1.94. The summed E-state index contributed by atoms with van der Waals surface area (Å²) in [6.45, 7) is -0.0404. The van der Waals surface area contributed by atoms with Crippen molar-refractivity contribution in [1.29, 1.82) is 0 Å². The van der Waals surface area contributed by atoms with Gasteiger partial charge in [0.2, 0.25) is 0 Å². The van der Waals surface area contributed by atoms with Gasteiger partial charge in [0.15, 0.2) is 0 Å². The fourth-order valence-corrected chi connectivity index (χ4v) is 1.28. The number of aliphatic hydroxyl groups excluding tert-OH is 1. The normalized spacial score (nSPS) is 10.7. The fourth-order valence-electron chi connectivity index (χ4n) is 1.28. The molecule has 0 radical (unpaired) electrons. The fraction of sp³-hybridized carbons (Fsp3) is 0.308. The summed E-state index contributed by atoms with van der Waals surface area (Å²) in [7, 11) is 0. The van der Waals surface area contributed by atoms with Gasteiger partial charge in [-0.1, -0.05) is 42.5 Å². The van der Waals surface area contributed by atoms with E-state index < -0.39 is 0 Å². The molecular formula is C13H16O2. The summed E-state index contributed by atoms with van der Waals surface area (Å²) in [5.74, 6) is 0.121. The average Bonchev–Trinajstić information content (AvgIpc) is 2.26. The molecule has 0 unspecified atom stereocenters. The predicted octanol–water partition coefficient (Wildman–Crippen LogP) is 2.43. The Kier molecular flexibility index (Phi) is 5.41. The minimum absolute atomic E-state index is 0.0404. The maximum Gasteiger partial charge on any atom is 0.135 e. The van der Waals surface area contributed by atoms with Gasteiger partial charge in [-0.15, -0.1) is 0 Å². The van der Waals surface area contributed by atoms with Crippen molar-refractivity contribution < 1.29 is 9.90 Å². The molecule has 0 aliphatic heterocycles. The number of allylic oxidation sites excluding steroid dienone is 1. The van der Waals surface area contributed by atoms with E-state index in [1.807, 2.05) is 42.5 Å². The van der Waals surface area contributed by atoms with Gasteiger partial charge in [-0.25, -0.2) is 0 Å². The van der Waals surface area contributed by atoms with Gasteiger partial charge in [0.05, 0.1) is 0 Å². The largest absolute Gasteiger partial charge is 0.396 e. The molecule has 0 amide bonds. The van der Waals surface area contributed by atoms with Crippen LogP contribution in [-0.4, -0.2) is 17.5 Å². The molecule has 2 heteroatoms. The first-order chi connectivity index (χ1) is 7.33. The van der Waals surface area contributed by atoms with Crippen LogP contribution in [0.25, 0.3) is 6.08 Å². The van der Waals surface area contributed by atoms with E-state index >= 15 is 0 Å². The molecule has 0 aliphatic rings. The highest BCUT2D eigenvalue weighted by molar-refractivity contribution is 5.78. The molecule has 0 atom stereocenters. The van der Waals surface area contributed by atoms with Crippen molar-refractivity contribution in [2.75, 3.05) is 6.61 Å². The molecule has 15 heavy (non-hydrogen) atoms. The van der Waals surface area contributed by atoms with Crippen molar-refractivity contribution >= 4 is 11.9 Å². The molecule has 1 aromatic carbocycles. The lowest BCUT2D eigenvalue weighted by molar-refractivity contribution is -0.119. The first-order valence-corrected chi connectivity index (χ1v) is 5.17. The number of carbonyl (C=O) groups is 1. The molecular weight excluding hydrogens is 188 g/mol. The van der Waals surface area contributed by atoms with Crippen molar-refractivity contribution in [3.63, 3.8) is 0 Å². The molecule has 0 spiro atoms. The van der Waals surface area contributed by atoms with E-state index in [1.165, 1.54) is 0 Å². The van der Waals surface area contributed by atoms with Crippen molar-refractivity contribution in [3.8, 4) is 0 Å². The summed E-state index contributed by atoms with van der Waals surface area (Å²) in [6.07, 6.45) is 5.54. The number of rotatable bonds is 6. The van der Waals surface area contributed by atoms with Crippen LogP contribution in [-0.2, 0) is 4.79 Å². The summed E-state index contributed by atoms with van der Waals surface area (Å²) in [6, 6.07) is 9.98. The number of hydrogen-bond acceptors (Lipinski definition) is 2. The Morgan fingerprint density at radius 3 is 2.60 bits per heavy atom. The molecule has 1 aromatic rings. The summed E-state index contributed by atoms with van der Waals surface area (Å²) >= 11 is 0. The molecule has 0 heterocycles. The van der Waals surface area contributed by atoms with E-state index in [0.717, 1.165) is 12.0 Å². The Bertz CT molecular complexity index is 315. The van der Waals surface area contributed by atoms with Crippen LogP contribution in [0, 0.1) is 0 Å². The molecule has 0 aliphatic carbocycles. The molecule has 80 valence electrons. The molecule has 0 aromatic heterocycles. The first-order valence-electron chi connectivity index (χ1n) is 5.17. The van der Waals surface area contributed by atoms with E-state index in [-0.39, 0.29) is 18.8 Å². The van der Waals surface area contributed by atoms with Crippen LogP contribution in [0.2, 0.25) is 0 Å². The first kappa shape index (κ1) is 11.7. The molecule has 0 bridgehead atoms. The second kappa shape index (κ2) is 6.96. The van der Waals surface area contributed by atoms with E-state index in [1.54, 1.807) is 0 Å². The second-order valence-electron chi connectivity index (χ2n) is 3.36. The lowest BCUT2D eigenvalue weighted by Crippen LogP contribution is -1.99. The highest BCUT2D eigenvalue weighted by Crippen LogP contribution is 2.03. The Morgan fingerprint density at radius 1 is 1.20 bits per heavy atom. The molecule has 0 saturated carbocycles. The van der Waals surface area contributed by atoms with Gasteiger partial charge in [-0.3, -0.25) is 4.79 Å². The van der Waals surface area contributed by atoms with Crippen molar-refractivity contribution in [1.82, 2.24) is 0 Å². The van der Waals surface area contributed by atoms with E-state index in [4.69, 9.17) is 5.11 Å². The summed E-state index contributed by atoms with van der Waals surface area (Å²) in [5.41, 5.74) is 1.15. The average molecular weight is 204 g/mol. The van der Waals surface area contributed by atoms with Gasteiger partial charge in [-0.05, 0) is 12.0 Å². The molecule has 1 N–H and O–H groups in total. The van der Waals surface area contributed by atoms with Crippen LogP contribution >= 0.6 is 0 Å². The summed E-state index contributed by atoms with van der Waals surface area (Å²) < 4.78 is 0. The van der Waals surface area contributed by atoms with Crippen LogP contribution in [0.4, 0.5) is 0 Å². The second-order valence-corrected chi connectivity index (χ2v) is 3.36. The van der Waals surface area contributed by atoms with E-state index in [0.29, 0.717) is 6.42 Å². The maximum atomic E-state index is 11.1. The van der Waals surface area contributed by atoms with E-state index in [2.05, 4.69) is 0 Å². The third-order valence-corrected chi connectivity index (χ3v) is 2.09. The molecule has 0 saturated heterocycles. The molecule has 1 rings (SSSR count). The maximum absolute atomic E-state index is 11.1. The number of aliphatic hydroxyl groups is 1. The Labute approximate surface area is 90.3 Å². The monoisotopic (exact) mass is 204 g/mol. The quantitative estimate of drug-likeness (QED) is 0.772. The van der Waals surface area contributed by atoms with Gasteiger partial charge in [0.25, 0.3) is 0 Å². The number of ketones is 1. The third kappa shape index (κ3) is 5.13. The van der Waals surface area contributed by atoms with Gasteiger partial charge >= 0.3 is 0 Å². The number of benzene rings is 1. The van der Waals surface area contributed by atoms with Crippen molar-refractivity contribution in [2.45, 2.75) is 19.3 Å². The van der Waals surface area contributed by atoms with Crippen LogP contribution < -0.4 is 0 Å². The van der Waals surface area contributed by atoms with Gasteiger partial charge in [-0.2, -0.15) is 0 Å². The van der Waals surface area contributed by atoms with Gasteiger partial charge in [0, 0.05) is 19.4 Å². The smallest absolute Gasteiger partial charge is 0.135 e. The van der Waals surface area contributed by atoms with Crippen molar-refractivity contribution in [3.05, 3.63) is 42.0 Å². The zero-order valence-electron chi connectivity index (χ0n) is 8.73. The standard InChI is InChI=1S/C13H16O2/c14-11-10-13(15)9-5-4-8-12-6-2-1-3-7-12/h1-4,6-8,14H,5,9-11H2/b8-4+. The number of carbonyl (C=O) groups excluding carboxylic acids is 1. The third-order valence-electron chi connectivity index (χ3n) is 2.09. The van der Waals surface area contributed by atoms with Crippen LogP contribution in [0.5, 0.6) is 0 Å². The topological polar surface area (TPSA) is 37.3 Å². The Morgan fingerprint density at radius 2 is 1.93 bits per heavy atom. The number of hydrogen-bond donors (Lipinski definition) is 1. The van der Waals surface area contributed by atoms with Crippen molar-refractivity contribution in [2.24, 2.45) is 0 Å². The highest BCUT2D eigenvalue weighted by atomic mass is 16.3. The number of Topliss-reactive ketones (excluding diaryl/α,β-unsaturated/α-hetero) is 1. The predicted molar refractivity (Wildman–Crippen MR) is 61.4 cm³/mol.